The molecular weight excluding hydrogens is 332 g/mol. The number of nitrogens with one attached hydrogen (secondary N) is 1. The van der Waals surface area contributed by atoms with Gasteiger partial charge in [-0.05, 0) is 45.3 Å². The number of hydrogen-bond acceptors (Lipinski definition) is 4. The summed E-state index contributed by atoms with van der Waals surface area (Å²) in [6, 6.07) is 16.0. The molecule has 4 nitrogen and oxygen atoms in total. The molecule has 2 aromatic rings. The van der Waals surface area contributed by atoms with Gasteiger partial charge < -0.3 is 9.90 Å². The minimum atomic E-state index is -1.20. The Balaban J connectivity index is 1.95. The maximum Gasteiger partial charge on any atom is 0.0715 e. The van der Waals surface area contributed by atoms with Gasteiger partial charge in [-0.1, -0.05) is 42.5 Å². The summed E-state index contributed by atoms with van der Waals surface area (Å²) in [6.07, 6.45) is 3.56. The van der Waals surface area contributed by atoms with Crippen molar-refractivity contribution in [2.75, 3.05) is 5.43 Å². The van der Waals surface area contributed by atoms with Gasteiger partial charge in [0.25, 0.3) is 0 Å². The molecule has 21 heavy (non-hydrogen) atoms. The van der Waals surface area contributed by atoms with Gasteiger partial charge in [0.2, 0.25) is 0 Å². The monoisotopic (exact) mass is 343 g/mol. The second kappa shape index (κ2) is 7.40. The van der Waals surface area contributed by atoms with Crippen molar-refractivity contribution in [1.29, 1.82) is 0 Å². The quantitative estimate of drug-likeness (QED) is 0.670. The maximum atomic E-state index is 10.6. The van der Waals surface area contributed by atoms with Crippen LogP contribution in [0.4, 0.5) is 5.69 Å². The first-order valence-corrected chi connectivity index (χ1v) is 6.97. The van der Waals surface area contributed by atoms with Crippen LogP contribution in [-0.4, -0.2) is 12.2 Å². The van der Waals surface area contributed by atoms with E-state index in [0.717, 1.165) is 10.0 Å². The Morgan fingerprint density at radius 3 is 2.38 bits per heavy atom. The molecule has 0 saturated heterocycles. The fourth-order valence-electron chi connectivity index (χ4n) is 1.60. The molecule has 0 amide bonds. The Bertz CT molecular complexity index is 664. The minimum absolute atomic E-state index is 0.134. The number of nitrogens with zero attached hydrogens (tertiary/aromatic N) is 1. The van der Waals surface area contributed by atoms with Gasteiger partial charge in [-0.3, -0.25) is 5.43 Å². The first-order chi connectivity index (χ1) is 10.1. The van der Waals surface area contributed by atoms with Crippen LogP contribution in [0.15, 0.2) is 64.2 Å². The van der Waals surface area contributed by atoms with Crippen LogP contribution in [0.25, 0.3) is 6.08 Å². The lowest BCUT2D eigenvalue weighted by Crippen LogP contribution is -2.21. The van der Waals surface area contributed by atoms with E-state index in [0.29, 0.717) is 5.69 Å². The largest absolute Gasteiger partial charge is 0.545 e. The minimum Gasteiger partial charge on any atom is -0.545 e. The fourth-order valence-corrected chi connectivity index (χ4v) is 1.96. The molecule has 1 N–H and O–H groups in total. The first kappa shape index (κ1) is 15.0. The zero-order chi connectivity index (χ0) is 15.1. The van der Waals surface area contributed by atoms with Crippen molar-refractivity contribution in [3.63, 3.8) is 0 Å². The summed E-state index contributed by atoms with van der Waals surface area (Å²) < 4.78 is 0.813. The molecule has 0 aliphatic rings. The molecular formula is C16H12BrN2O2-. The Kier molecular flexibility index (Phi) is 5.29. The van der Waals surface area contributed by atoms with Crippen molar-refractivity contribution < 1.29 is 9.90 Å². The Labute approximate surface area is 130 Å². The molecule has 0 heterocycles. The van der Waals surface area contributed by atoms with Gasteiger partial charge in [-0.2, -0.15) is 5.10 Å². The first-order valence-electron chi connectivity index (χ1n) is 6.18. The highest BCUT2D eigenvalue weighted by molar-refractivity contribution is 9.12. The highest BCUT2D eigenvalue weighted by atomic mass is 79.9. The van der Waals surface area contributed by atoms with E-state index in [4.69, 9.17) is 0 Å². The van der Waals surface area contributed by atoms with Crippen molar-refractivity contribution in [2.24, 2.45) is 5.10 Å². The smallest absolute Gasteiger partial charge is 0.0715 e. The van der Waals surface area contributed by atoms with Crippen LogP contribution in [0.5, 0.6) is 0 Å². The predicted octanol–water partition coefficient (Wildman–Crippen LogP) is 2.88. The lowest BCUT2D eigenvalue weighted by atomic mass is 10.2. The maximum absolute atomic E-state index is 10.6. The van der Waals surface area contributed by atoms with Gasteiger partial charge in [0.05, 0.1) is 17.9 Å². The summed E-state index contributed by atoms with van der Waals surface area (Å²) in [4.78, 5) is 10.6. The van der Waals surface area contributed by atoms with Gasteiger partial charge >= 0.3 is 0 Å². The zero-order valence-corrected chi connectivity index (χ0v) is 12.6. The van der Waals surface area contributed by atoms with Crippen molar-refractivity contribution in [2.45, 2.75) is 0 Å². The number of aromatic carboxylic acids is 1. The Morgan fingerprint density at radius 1 is 1.10 bits per heavy atom. The summed E-state index contributed by atoms with van der Waals surface area (Å²) in [7, 11) is 0. The average Bonchev–Trinajstić information content (AvgIpc) is 2.49. The summed E-state index contributed by atoms with van der Waals surface area (Å²) in [5, 5.41) is 14.7. The molecule has 0 radical (unpaired) electrons. The lowest BCUT2D eigenvalue weighted by molar-refractivity contribution is -0.255. The van der Waals surface area contributed by atoms with Crippen molar-refractivity contribution in [3.8, 4) is 0 Å². The number of halogens is 1. The number of anilines is 1. The normalized spacial score (nSPS) is 11.6. The summed E-state index contributed by atoms with van der Waals surface area (Å²) in [5.74, 6) is -1.20. The summed E-state index contributed by atoms with van der Waals surface area (Å²) >= 11 is 3.40. The number of carbonyl (C=O) groups is 1. The molecule has 0 fully saturated rings. The number of carboxylic acids is 1. The number of hydrogen-bond donors (Lipinski definition) is 1. The van der Waals surface area contributed by atoms with Crippen molar-refractivity contribution >= 4 is 39.9 Å². The summed E-state index contributed by atoms with van der Waals surface area (Å²) in [5.41, 5.74) is 4.70. The van der Waals surface area contributed by atoms with Crippen LogP contribution in [0.3, 0.4) is 0 Å². The predicted molar refractivity (Wildman–Crippen MR) is 86.2 cm³/mol. The number of carboxylic acid groups (broad SMARTS) is 1. The molecule has 0 bridgehead atoms. The van der Waals surface area contributed by atoms with Gasteiger partial charge in [-0.15, -0.1) is 0 Å². The molecule has 2 aromatic carbocycles. The molecule has 0 aliphatic heterocycles. The topological polar surface area (TPSA) is 64.5 Å². The second-order valence-electron chi connectivity index (χ2n) is 4.17. The number of rotatable bonds is 5. The lowest BCUT2D eigenvalue weighted by Gasteiger charge is -2.03. The van der Waals surface area contributed by atoms with Crippen molar-refractivity contribution in [3.05, 3.63) is 70.2 Å². The number of benzene rings is 2. The third-order valence-electron chi connectivity index (χ3n) is 2.61. The van der Waals surface area contributed by atoms with Crippen LogP contribution in [-0.2, 0) is 0 Å². The van der Waals surface area contributed by atoms with E-state index in [1.807, 2.05) is 36.4 Å². The van der Waals surface area contributed by atoms with Crippen LogP contribution in [0.2, 0.25) is 0 Å². The fraction of sp³-hybridized carbons (Fsp3) is 0. The molecule has 0 saturated carbocycles. The van der Waals surface area contributed by atoms with E-state index in [1.165, 1.54) is 12.1 Å². The van der Waals surface area contributed by atoms with Gasteiger partial charge in [0.1, 0.15) is 0 Å². The molecule has 106 valence electrons. The highest BCUT2D eigenvalue weighted by Crippen LogP contribution is 2.11. The molecule has 0 atom stereocenters. The van der Waals surface area contributed by atoms with E-state index >= 15 is 0 Å². The van der Waals surface area contributed by atoms with Crippen LogP contribution in [0, 0.1) is 0 Å². The van der Waals surface area contributed by atoms with Gasteiger partial charge in [-0.25, -0.2) is 0 Å². The third-order valence-corrected chi connectivity index (χ3v) is 3.04. The number of allylic oxidation sites excluding steroid dienone is 1. The van der Waals surface area contributed by atoms with Gasteiger partial charge in [0, 0.05) is 4.48 Å². The molecule has 2 rings (SSSR count). The van der Waals surface area contributed by atoms with Crippen LogP contribution in [0.1, 0.15) is 15.9 Å². The van der Waals surface area contributed by atoms with Crippen molar-refractivity contribution in [1.82, 2.24) is 0 Å². The summed E-state index contributed by atoms with van der Waals surface area (Å²) in [6.45, 7) is 0. The van der Waals surface area contributed by atoms with Crippen LogP contribution >= 0.6 is 15.9 Å². The standard InChI is InChI=1S/C16H13BrN2O2/c17-14(10-12-4-2-1-3-5-12)11-18-19-15-8-6-13(7-9-15)16(20)21/h1-11,19H,(H,20,21)/p-1/b14-10-,18-11-. The Morgan fingerprint density at radius 2 is 1.76 bits per heavy atom. The molecule has 0 aliphatic carbocycles. The highest BCUT2D eigenvalue weighted by Gasteiger charge is 1.94. The van der Waals surface area contributed by atoms with E-state index in [2.05, 4.69) is 26.5 Å². The molecule has 0 unspecified atom stereocenters. The van der Waals surface area contributed by atoms with Crippen LogP contribution < -0.4 is 10.5 Å². The molecule has 0 spiro atoms. The molecule has 5 heteroatoms. The molecule has 0 aromatic heterocycles. The van der Waals surface area contributed by atoms with E-state index in [1.54, 1.807) is 18.3 Å². The van der Waals surface area contributed by atoms with Gasteiger partial charge in [0.15, 0.2) is 0 Å². The van der Waals surface area contributed by atoms with E-state index in [-0.39, 0.29) is 5.56 Å². The third kappa shape index (κ3) is 4.89. The Hall–Kier alpha value is -2.40. The second-order valence-corrected chi connectivity index (χ2v) is 5.09. The average molecular weight is 344 g/mol. The SMILES string of the molecule is O=C([O-])c1ccc(N/N=C\C(Br)=C\c2ccccc2)cc1. The van der Waals surface area contributed by atoms with E-state index in [9.17, 15) is 9.90 Å². The number of hydrazone groups is 1. The van der Waals surface area contributed by atoms with E-state index < -0.39 is 5.97 Å². The zero-order valence-electron chi connectivity index (χ0n) is 11.0. The number of carbonyl (C=O) groups excluding carboxylic acids is 1.